The van der Waals surface area contributed by atoms with Crippen LogP contribution in [0.1, 0.15) is 60.5 Å². The second-order valence-electron chi connectivity index (χ2n) is 7.38. The van der Waals surface area contributed by atoms with E-state index >= 15 is 0 Å². The SMILES string of the molecule is Cc1cc(C)n(CCCNC(=O)c2c(C)nc(C(C)(C)C)[nH]c2=O)n1. The van der Waals surface area contributed by atoms with Gasteiger partial charge in [0.15, 0.2) is 0 Å². The van der Waals surface area contributed by atoms with Crippen LogP contribution in [-0.4, -0.2) is 32.2 Å². The van der Waals surface area contributed by atoms with E-state index in [1.54, 1.807) is 6.92 Å². The topological polar surface area (TPSA) is 92.7 Å². The van der Waals surface area contributed by atoms with Crippen molar-refractivity contribution in [2.24, 2.45) is 0 Å². The second-order valence-corrected chi connectivity index (χ2v) is 7.38. The van der Waals surface area contributed by atoms with Crippen molar-refractivity contribution in [3.8, 4) is 0 Å². The summed E-state index contributed by atoms with van der Waals surface area (Å²) in [6.07, 6.45) is 0.734. The monoisotopic (exact) mass is 345 g/mol. The third-order valence-corrected chi connectivity index (χ3v) is 3.97. The summed E-state index contributed by atoms with van der Waals surface area (Å²) >= 11 is 0. The number of amides is 1. The summed E-state index contributed by atoms with van der Waals surface area (Å²) in [5.41, 5.74) is 1.93. The number of H-pyrrole nitrogens is 1. The number of nitrogens with zero attached hydrogens (tertiary/aromatic N) is 3. The Labute approximate surface area is 147 Å². The number of carbonyl (C=O) groups is 1. The lowest BCUT2D eigenvalue weighted by Gasteiger charge is -2.18. The van der Waals surface area contributed by atoms with E-state index in [4.69, 9.17) is 0 Å². The van der Waals surface area contributed by atoms with Crippen molar-refractivity contribution in [2.45, 2.75) is 59.9 Å². The van der Waals surface area contributed by atoms with Crippen molar-refractivity contribution < 1.29 is 4.79 Å². The summed E-state index contributed by atoms with van der Waals surface area (Å²) in [5.74, 6) is 0.191. The van der Waals surface area contributed by atoms with Gasteiger partial charge >= 0.3 is 0 Å². The first kappa shape index (κ1) is 18.9. The van der Waals surface area contributed by atoms with Crippen LogP contribution in [0, 0.1) is 20.8 Å². The number of aromatic amines is 1. The molecule has 0 aromatic carbocycles. The Bertz CT molecular complexity index is 827. The molecule has 2 N–H and O–H groups in total. The summed E-state index contributed by atoms with van der Waals surface area (Å²) in [5, 5.41) is 7.18. The highest BCUT2D eigenvalue weighted by Crippen LogP contribution is 2.17. The van der Waals surface area contributed by atoms with Crippen molar-refractivity contribution in [1.82, 2.24) is 25.1 Å². The average molecular weight is 345 g/mol. The van der Waals surface area contributed by atoms with Gasteiger partial charge in [0.25, 0.3) is 11.5 Å². The van der Waals surface area contributed by atoms with E-state index in [2.05, 4.69) is 20.4 Å². The van der Waals surface area contributed by atoms with Crippen LogP contribution in [0.15, 0.2) is 10.9 Å². The highest BCUT2D eigenvalue weighted by molar-refractivity contribution is 5.94. The molecule has 0 saturated heterocycles. The van der Waals surface area contributed by atoms with E-state index in [1.165, 1.54) is 0 Å². The summed E-state index contributed by atoms with van der Waals surface area (Å²) in [6.45, 7) is 12.7. The maximum Gasteiger partial charge on any atom is 0.264 e. The van der Waals surface area contributed by atoms with E-state index < -0.39 is 5.56 Å². The minimum absolute atomic E-state index is 0.0825. The van der Waals surface area contributed by atoms with Gasteiger partial charge in [-0.15, -0.1) is 0 Å². The molecule has 2 aromatic heterocycles. The van der Waals surface area contributed by atoms with Crippen molar-refractivity contribution >= 4 is 5.91 Å². The normalized spacial score (nSPS) is 11.6. The minimum atomic E-state index is -0.395. The number of carbonyl (C=O) groups excluding carboxylic acids is 1. The van der Waals surface area contributed by atoms with E-state index in [0.717, 1.165) is 24.4 Å². The Hall–Kier alpha value is -2.44. The fourth-order valence-corrected chi connectivity index (χ4v) is 2.63. The van der Waals surface area contributed by atoms with Gasteiger partial charge in [-0.1, -0.05) is 20.8 Å². The highest BCUT2D eigenvalue weighted by atomic mass is 16.2. The predicted octanol–water partition coefficient (Wildman–Crippen LogP) is 2.01. The van der Waals surface area contributed by atoms with Crippen LogP contribution in [-0.2, 0) is 12.0 Å². The van der Waals surface area contributed by atoms with E-state index in [-0.39, 0.29) is 16.9 Å². The zero-order valence-electron chi connectivity index (χ0n) is 15.9. The molecule has 136 valence electrons. The first-order valence-electron chi connectivity index (χ1n) is 8.50. The van der Waals surface area contributed by atoms with Gasteiger partial charge in [0.1, 0.15) is 11.4 Å². The molecule has 7 nitrogen and oxygen atoms in total. The molecule has 2 heterocycles. The summed E-state index contributed by atoms with van der Waals surface area (Å²) in [4.78, 5) is 31.7. The van der Waals surface area contributed by atoms with E-state index in [1.807, 2.05) is 45.4 Å². The van der Waals surface area contributed by atoms with Crippen LogP contribution in [0.2, 0.25) is 0 Å². The third-order valence-electron chi connectivity index (χ3n) is 3.97. The van der Waals surface area contributed by atoms with Crippen LogP contribution < -0.4 is 10.9 Å². The predicted molar refractivity (Wildman–Crippen MR) is 96.9 cm³/mol. The molecule has 0 atom stereocenters. The molecule has 0 spiro atoms. The molecule has 0 fully saturated rings. The van der Waals surface area contributed by atoms with Gasteiger partial charge in [-0.3, -0.25) is 14.3 Å². The van der Waals surface area contributed by atoms with Gasteiger partial charge in [-0.2, -0.15) is 5.10 Å². The fourth-order valence-electron chi connectivity index (χ4n) is 2.63. The number of hydrogen-bond donors (Lipinski definition) is 2. The average Bonchev–Trinajstić information content (AvgIpc) is 2.80. The molecule has 0 unspecified atom stereocenters. The molecule has 7 heteroatoms. The number of nitrogens with one attached hydrogen (secondary N) is 2. The smallest absolute Gasteiger partial charge is 0.264 e. The van der Waals surface area contributed by atoms with Crippen LogP contribution in [0.25, 0.3) is 0 Å². The molecule has 0 bridgehead atoms. The molecule has 0 radical (unpaired) electrons. The van der Waals surface area contributed by atoms with Crippen molar-refractivity contribution in [3.05, 3.63) is 44.9 Å². The standard InChI is InChI=1S/C18H27N5O2/c1-11-10-12(2)23(22-11)9-7-8-19-15(24)14-13(3)20-17(18(4,5)6)21-16(14)25/h10H,7-9H2,1-6H3,(H,19,24)(H,20,21,25). The Balaban J connectivity index is 1.99. The molecule has 2 rings (SSSR count). The van der Waals surface area contributed by atoms with Crippen molar-refractivity contribution in [3.63, 3.8) is 0 Å². The Morgan fingerprint density at radius 2 is 1.96 bits per heavy atom. The molecule has 25 heavy (non-hydrogen) atoms. The fraction of sp³-hybridized carbons (Fsp3) is 0.556. The van der Waals surface area contributed by atoms with Gasteiger partial charge in [0.2, 0.25) is 0 Å². The molecule has 0 saturated carbocycles. The Morgan fingerprint density at radius 1 is 1.28 bits per heavy atom. The van der Waals surface area contributed by atoms with E-state index in [0.29, 0.717) is 18.1 Å². The highest BCUT2D eigenvalue weighted by Gasteiger charge is 2.21. The number of aromatic nitrogens is 4. The van der Waals surface area contributed by atoms with Gasteiger partial charge in [0.05, 0.1) is 11.4 Å². The van der Waals surface area contributed by atoms with Gasteiger partial charge in [-0.05, 0) is 33.3 Å². The van der Waals surface area contributed by atoms with Crippen LogP contribution in [0.5, 0.6) is 0 Å². The largest absolute Gasteiger partial charge is 0.352 e. The number of rotatable bonds is 5. The molecular weight excluding hydrogens is 318 g/mol. The molecule has 0 aliphatic rings. The van der Waals surface area contributed by atoms with Gasteiger partial charge < -0.3 is 10.3 Å². The van der Waals surface area contributed by atoms with Crippen LogP contribution in [0.3, 0.4) is 0 Å². The molecular formula is C18H27N5O2. The summed E-state index contributed by atoms with van der Waals surface area (Å²) in [7, 11) is 0. The van der Waals surface area contributed by atoms with Crippen molar-refractivity contribution in [1.29, 1.82) is 0 Å². The maximum absolute atomic E-state index is 12.3. The maximum atomic E-state index is 12.3. The second kappa shape index (κ2) is 7.21. The lowest BCUT2D eigenvalue weighted by atomic mass is 9.95. The minimum Gasteiger partial charge on any atom is -0.352 e. The zero-order valence-corrected chi connectivity index (χ0v) is 15.9. The van der Waals surface area contributed by atoms with Crippen molar-refractivity contribution in [2.75, 3.05) is 6.54 Å². The number of aryl methyl sites for hydroxylation is 4. The van der Waals surface area contributed by atoms with Crippen LogP contribution in [0.4, 0.5) is 0 Å². The quantitative estimate of drug-likeness (QED) is 0.811. The first-order chi connectivity index (χ1) is 11.6. The molecule has 1 amide bonds. The Morgan fingerprint density at radius 3 is 2.48 bits per heavy atom. The lowest BCUT2D eigenvalue weighted by Crippen LogP contribution is -2.34. The van der Waals surface area contributed by atoms with Gasteiger partial charge in [0, 0.05) is 24.2 Å². The molecule has 2 aromatic rings. The van der Waals surface area contributed by atoms with Crippen LogP contribution >= 0.6 is 0 Å². The number of hydrogen-bond acceptors (Lipinski definition) is 4. The lowest BCUT2D eigenvalue weighted by molar-refractivity contribution is 0.0949. The zero-order chi connectivity index (χ0) is 18.8. The third kappa shape index (κ3) is 4.55. The molecule has 0 aliphatic carbocycles. The summed E-state index contributed by atoms with van der Waals surface area (Å²) < 4.78 is 1.92. The van der Waals surface area contributed by atoms with E-state index in [9.17, 15) is 9.59 Å². The summed E-state index contributed by atoms with van der Waals surface area (Å²) in [6, 6.07) is 2.02. The van der Waals surface area contributed by atoms with Gasteiger partial charge in [-0.25, -0.2) is 4.98 Å². The molecule has 0 aliphatic heterocycles. The first-order valence-corrected chi connectivity index (χ1v) is 8.50. The Kier molecular flexibility index (Phi) is 5.45.